The summed E-state index contributed by atoms with van der Waals surface area (Å²) >= 11 is 0. The van der Waals surface area contributed by atoms with Crippen LogP contribution in [0, 0.1) is 13.8 Å². The van der Waals surface area contributed by atoms with Gasteiger partial charge in [0.1, 0.15) is 5.75 Å². The van der Waals surface area contributed by atoms with E-state index in [1.54, 1.807) is 13.2 Å². The van der Waals surface area contributed by atoms with Crippen LogP contribution in [0.3, 0.4) is 0 Å². The van der Waals surface area contributed by atoms with Crippen LogP contribution in [0.2, 0.25) is 0 Å². The monoisotopic (exact) mass is 298 g/mol. The van der Waals surface area contributed by atoms with Crippen LogP contribution in [-0.4, -0.2) is 13.0 Å². The molecule has 0 aromatic heterocycles. The molecule has 0 fully saturated rings. The third kappa shape index (κ3) is 3.06. The molecular weight excluding hydrogens is 276 g/mol. The fourth-order valence-corrected chi connectivity index (χ4v) is 2.63. The smallest absolute Gasteiger partial charge is 0.259 e. The Morgan fingerprint density at radius 3 is 2.59 bits per heavy atom. The SMILES string of the molecule is CCc1cc(N)cc(C)c1NC(=O)c1cccc(C)c1OC. The fraction of sp³-hybridized carbons (Fsp3) is 0.278. The Kier molecular flexibility index (Phi) is 4.71. The Bertz CT molecular complexity index is 708. The van der Waals surface area contributed by atoms with Crippen molar-refractivity contribution in [3.8, 4) is 5.75 Å². The highest BCUT2D eigenvalue weighted by Gasteiger charge is 2.16. The highest BCUT2D eigenvalue weighted by molar-refractivity contribution is 6.07. The standard InChI is InChI=1S/C18H22N2O2/c1-5-13-10-14(19)9-12(3)16(13)20-18(21)15-8-6-7-11(2)17(15)22-4/h6-10H,5,19H2,1-4H3,(H,20,21). The molecule has 0 unspecified atom stereocenters. The van der Waals surface area contributed by atoms with Gasteiger partial charge in [-0.3, -0.25) is 4.79 Å². The first-order valence-electron chi connectivity index (χ1n) is 7.31. The van der Waals surface area contributed by atoms with Gasteiger partial charge in [-0.05, 0) is 55.2 Å². The molecule has 1 amide bonds. The maximum atomic E-state index is 12.6. The molecule has 3 N–H and O–H groups in total. The average molecular weight is 298 g/mol. The van der Waals surface area contributed by atoms with E-state index in [0.29, 0.717) is 17.0 Å². The lowest BCUT2D eigenvalue weighted by Gasteiger charge is -2.16. The molecule has 0 aliphatic carbocycles. The Balaban J connectivity index is 2.40. The van der Waals surface area contributed by atoms with Crippen LogP contribution in [0.25, 0.3) is 0 Å². The summed E-state index contributed by atoms with van der Waals surface area (Å²) in [7, 11) is 1.57. The molecule has 0 saturated carbocycles. The van der Waals surface area contributed by atoms with Gasteiger partial charge in [0.2, 0.25) is 0 Å². The number of aryl methyl sites for hydroxylation is 3. The van der Waals surface area contributed by atoms with Crippen LogP contribution in [0.1, 0.15) is 34.0 Å². The van der Waals surface area contributed by atoms with Gasteiger partial charge in [0, 0.05) is 11.4 Å². The molecule has 22 heavy (non-hydrogen) atoms. The molecule has 0 atom stereocenters. The van der Waals surface area contributed by atoms with Gasteiger partial charge in [0.25, 0.3) is 5.91 Å². The predicted molar refractivity (Wildman–Crippen MR) is 90.7 cm³/mol. The van der Waals surface area contributed by atoms with Crippen molar-refractivity contribution in [2.45, 2.75) is 27.2 Å². The number of nitrogens with two attached hydrogens (primary N) is 1. The zero-order valence-electron chi connectivity index (χ0n) is 13.5. The van der Waals surface area contributed by atoms with Crippen molar-refractivity contribution >= 4 is 17.3 Å². The van der Waals surface area contributed by atoms with Crippen molar-refractivity contribution in [3.63, 3.8) is 0 Å². The first kappa shape index (κ1) is 15.9. The van der Waals surface area contributed by atoms with E-state index >= 15 is 0 Å². The number of anilines is 2. The van der Waals surface area contributed by atoms with E-state index in [2.05, 4.69) is 5.32 Å². The molecule has 4 nitrogen and oxygen atoms in total. The fourth-order valence-electron chi connectivity index (χ4n) is 2.63. The van der Waals surface area contributed by atoms with E-state index in [1.807, 2.05) is 45.0 Å². The lowest BCUT2D eigenvalue weighted by atomic mass is 10.0. The molecule has 0 spiro atoms. The topological polar surface area (TPSA) is 64.3 Å². The van der Waals surface area contributed by atoms with E-state index in [-0.39, 0.29) is 5.91 Å². The van der Waals surface area contributed by atoms with E-state index < -0.39 is 0 Å². The van der Waals surface area contributed by atoms with Gasteiger partial charge in [0.15, 0.2) is 0 Å². The van der Waals surface area contributed by atoms with Gasteiger partial charge < -0.3 is 15.8 Å². The number of para-hydroxylation sites is 1. The summed E-state index contributed by atoms with van der Waals surface area (Å²) in [5.74, 6) is 0.425. The summed E-state index contributed by atoms with van der Waals surface area (Å²) in [6.45, 7) is 5.90. The van der Waals surface area contributed by atoms with Crippen LogP contribution in [0.4, 0.5) is 11.4 Å². The minimum absolute atomic E-state index is 0.178. The molecule has 2 rings (SSSR count). The predicted octanol–water partition coefficient (Wildman–Crippen LogP) is 3.71. The van der Waals surface area contributed by atoms with Crippen LogP contribution in [0.15, 0.2) is 30.3 Å². The Hall–Kier alpha value is -2.49. The second-order valence-electron chi connectivity index (χ2n) is 5.34. The number of nitrogen functional groups attached to an aromatic ring is 1. The highest BCUT2D eigenvalue weighted by atomic mass is 16.5. The molecule has 116 valence electrons. The third-order valence-electron chi connectivity index (χ3n) is 3.72. The normalized spacial score (nSPS) is 10.4. The Morgan fingerprint density at radius 2 is 1.95 bits per heavy atom. The van der Waals surface area contributed by atoms with Crippen molar-refractivity contribution in [3.05, 3.63) is 52.6 Å². The van der Waals surface area contributed by atoms with Crippen molar-refractivity contribution in [1.29, 1.82) is 0 Å². The summed E-state index contributed by atoms with van der Waals surface area (Å²) in [5, 5.41) is 3.00. The van der Waals surface area contributed by atoms with Crippen LogP contribution in [-0.2, 0) is 6.42 Å². The number of carbonyl (C=O) groups is 1. The van der Waals surface area contributed by atoms with Crippen molar-refractivity contribution in [1.82, 2.24) is 0 Å². The van der Waals surface area contributed by atoms with Crippen LogP contribution >= 0.6 is 0 Å². The summed E-state index contributed by atoms with van der Waals surface area (Å²) in [6.07, 6.45) is 0.798. The Morgan fingerprint density at radius 1 is 1.23 bits per heavy atom. The van der Waals surface area contributed by atoms with E-state index in [1.165, 1.54) is 0 Å². The molecule has 0 saturated heterocycles. The molecule has 0 aliphatic rings. The lowest BCUT2D eigenvalue weighted by molar-refractivity contribution is 0.102. The molecule has 0 bridgehead atoms. The summed E-state index contributed by atoms with van der Waals surface area (Å²) in [4.78, 5) is 12.6. The third-order valence-corrected chi connectivity index (χ3v) is 3.72. The second kappa shape index (κ2) is 6.52. The summed E-state index contributed by atoms with van der Waals surface area (Å²) < 4.78 is 5.36. The largest absolute Gasteiger partial charge is 0.496 e. The van der Waals surface area contributed by atoms with Gasteiger partial charge in [-0.1, -0.05) is 19.1 Å². The summed E-state index contributed by atoms with van der Waals surface area (Å²) in [5.41, 5.74) is 10.9. The quantitative estimate of drug-likeness (QED) is 0.846. The number of hydrogen-bond donors (Lipinski definition) is 2. The van der Waals surface area contributed by atoms with Crippen molar-refractivity contribution in [2.75, 3.05) is 18.2 Å². The highest BCUT2D eigenvalue weighted by Crippen LogP contribution is 2.28. The number of nitrogens with one attached hydrogen (secondary N) is 1. The van der Waals surface area contributed by atoms with Gasteiger partial charge in [-0.15, -0.1) is 0 Å². The maximum Gasteiger partial charge on any atom is 0.259 e. The van der Waals surface area contributed by atoms with Crippen LogP contribution in [0.5, 0.6) is 5.75 Å². The zero-order chi connectivity index (χ0) is 16.3. The molecule has 0 radical (unpaired) electrons. The Labute approximate surface area is 131 Å². The van der Waals surface area contributed by atoms with E-state index in [9.17, 15) is 4.79 Å². The van der Waals surface area contributed by atoms with Gasteiger partial charge in [-0.25, -0.2) is 0 Å². The van der Waals surface area contributed by atoms with E-state index in [4.69, 9.17) is 10.5 Å². The number of carbonyl (C=O) groups excluding carboxylic acids is 1. The first-order valence-corrected chi connectivity index (χ1v) is 7.31. The maximum absolute atomic E-state index is 12.6. The number of ether oxygens (including phenoxy) is 1. The van der Waals surface area contributed by atoms with Gasteiger partial charge >= 0.3 is 0 Å². The molecule has 0 aliphatic heterocycles. The molecule has 2 aromatic rings. The number of methoxy groups -OCH3 is 1. The van der Waals surface area contributed by atoms with Crippen LogP contribution < -0.4 is 15.8 Å². The molecule has 0 heterocycles. The average Bonchev–Trinajstić information content (AvgIpc) is 2.49. The van der Waals surface area contributed by atoms with Gasteiger partial charge in [-0.2, -0.15) is 0 Å². The van der Waals surface area contributed by atoms with Crippen molar-refractivity contribution in [2.24, 2.45) is 0 Å². The van der Waals surface area contributed by atoms with Gasteiger partial charge in [0.05, 0.1) is 12.7 Å². The number of benzene rings is 2. The van der Waals surface area contributed by atoms with E-state index in [0.717, 1.165) is 28.8 Å². The minimum atomic E-state index is -0.178. The molecular formula is C18H22N2O2. The first-order chi connectivity index (χ1) is 10.5. The number of hydrogen-bond acceptors (Lipinski definition) is 3. The second-order valence-corrected chi connectivity index (χ2v) is 5.34. The molecule has 4 heteroatoms. The molecule has 2 aromatic carbocycles. The number of rotatable bonds is 4. The minimum Gasteiger partial charge on any atom is -0.496 e. The summed E-state index contributed by atoms with van der Waals surface area (Å²) in [6, 6.07) is 9.29. The zero-order valence-corrected chi connectivity index (χ0v) is 13.5. The number of amides is 1. The van der Waals surface area contributed by atoms with Crippen molar-refractivity contribution < 1.29 is 9.53 Å². The lowest BCUT2D eigenvalue weighted by Crippen LogP contribution is -2.16.